The molecule has 6 heteroatoms. The van der Waals surface area contributed by atoms with Crippen molar-refractivity contribution in [1.82, 2.24) is 5.32 Å². The van der Waals surface area contributed by atoms with Crippen LogP contribution in [0.1, 0.15) is 43.5 Å². The number of benzene rings is 1. The van der Waals surface area contributed by atoms with E-state index in [-0.39, 0.29) is 17.9 Å². The van der Waals surface area contributed by atoms with Crippen molar-refractivity contribution in [2.45, 2.75) is 45.3 Å². The topological polar surface area (TPSA) is 84.9 Å². The third kappa shape index (κ3) is 5.53. The molecule has 0 bridgehead atoms. The fourth-order valence-corrected chi connectivity index (χ4v) is 2.61. The van der Waals surface area contributed by atoms with Crippen LogP contribution in [0.3, 0.4) is 0 Å². The first-order valence-electron chi connectivity index (χ1n) is 8.34. The van der Waals surface area contributed by atoms with Crippen LogP contribution in [-0.2, 0) is 9.53 Å². The fraction of sp³-hybridized carbons (Fsp3) is 0.556. The summed E-state index contributed by atoms with van der Waals surface area (Å²) in [7, 11) is 0. The van der Waals surface area contributed by atoms with E-state index >= 15 is 0 Å². The number of carboxylic acids is 1. The van der Waals surface area contributed by atoms with Crippen molar-refractivity contribution < 1.29 is 24.2 Å². The van der Waals surface area contributed by atoms with Gasteiger partial charge in [0.1, 0.15) is 17.9 Å². The number of nitrogens with one attached hydrogen (secondary N) is 1. The Morgan fingerprint density at radius 3 is 2.42 bits per heavy atom. The summed E-state index contributed by atoms with van der Waals surface area (Å²) in [4.78, 5) is 23.4. The van der Waals surface area contributed by atoms with Crippen LogP contribution in [0.25, 0.3) is 0 Å². The van der Waals surface area contributed by atoms with Crippen LogP contribution in [0.2, 0.25) is 0 Å². The molecule has 0 aliphatic carbocycles. The zero-order valence-electron chi connectivity index (χ0n) is 14.2. The molecular formula is C18H25NO5. The number of rotatable bonds is 7. The van der Waals surface area contributed by atoms with Gasteiger partial charge in [0.2, 0.25) is 0 Å². The van der Waals surface area contributed by atoms with E-state index < -0.39 is 12.0 Å². The Bertz CT molecular complexity index is 549. The van der Waals surface area contributed by atoms with E-state index in [0.717, 1.165) is 12.8 Å². The van der Waals surface area contributed by atoms with Crippen molar-refractivity contribution in [3.63, 3.8) is 0 Å². The van der Waals surface area contributed by atoms with Crippen LogP contribution in [0.5, 0.6) is 5.75 Å². The molecule has 1 amide bonds. The summed E-state index contributed by atoms with van der Waals surface area (Å²) in [6, 6.07) is 5.90. The van der Waals surface area contributed by atoms with Gasteiger partial charge in [0.15, 0.2) is 0 Å². The Balaban J connectivity index is 1.93. The largest absolute Gasteiger partial charge is 0.490 e. The maximum atomic E-state index is 12.2. The summed E-state index contributed by atoms with van der Waals surface area (Å²) in [5, 5.41) is 11.8. The number of aliphatic carboxylic acids is 1. The molecule has 6 nitrogen and oxygen atoms in total. The molecule has 1 saturated heterocycles. The van der Waals surface area contributed by atoms with Crippen molar-refractivity contribution in [2.24, 2.45) is 5.92 Å². The number of carboxylic acid groups (broad SMARTS) is 1. The summed E-state index contributed by atoms with van der Waals surface area (Å²) in [5.41, 5.74) is 0.421. The SMILES string of the molecule is CC(C)C[C@H](NC(=O)c1ccc(OC2CCOCC2)cc1)C(=O)O. The summed E-state index contributed by atoms with van der Waals surface area (Å²) in [5.74, 6) is -0.519. The number of amides is 1. The highest BCUT2D eigenvalue weighted by atomic mass is 16.5. The average molecular weight is 335 g/mol. The van der Waals surface area contributed by atoms with E-state index in [0.29, 0.717) is 30.9 Å². The van der Waals surface area contributed by atoms with Gasteiger partial charge in [0.05, 0.1) is 13.2 Å². The molecule has 24 heavy (non-hydrogen) atoms. The Kier molecular flexibility index (Phi) is 6.61. The fourth-order valence-electron chi connectivity index (χ4n) is 2.61. The first kappa shape index (κ1) is 18.3. The summed E-state index contributed by atoms with van der Waals surface area (Å²) in [6.07, 6.45) is 2.25. The number of ether oxygens (including phenoxy) is 2. The van der Waals surface area contributed by atoms with E-state index in [9.17, 15) is 14.7 Å². The van der Waals surface area contributed by atoms with Crippen molar-refractivity contribution in [1.29, 1.82) is 0 Å². The van der Waals surface area contributed by atoms with E-state index in [4.69, 9.17) is 9.47 Å². The number of hydrogen-bond acceptors (Lipinski definition) is 4. The quantitative estimate of drug-likeness (QED) is 0.799. The molecule has 0 unspecified atom stereocenters. The minimum atomic E-state index is -1.02. The van der Waals surface area contributed by atoms with Crippen LogP contribution in [-0.4, -0.2) is 42.3 Å². The van der Waals surface area contributed by atoms with Crippen LogP contribution in [0.15, 0.2) is 24.3 Å². The molecule has 1 aliphatic rings. The standard InChI is InChI=1S/C18H25NO5/c1-12(2)11-16(18(21)22)19-17(20)13-3-5-14(6-4-13)24-15-7-9-23-10-8-15/h3-6,12,15-16H,7-11H2,1-2H3,(H,19,20)(H,21,22)/t16-/m0/s1. The van der Waals surface area contributed by atoms with Gasteiger partial charge in [-0.15, -0.1) is 0 Å². The molecule has 1 atom stereocenters. The monoisotopic (exact) mass is 335 g/mol. The smallest absolute Gasteiger partial charge is 0.326 e. The van der Waals surface area contributed by atoms with Crippen LogP contribution >= 0.6 is 0 Å². The zero-order valence-corrected chi connectivity index (χ0v) is 14.2. The van der Waals surface area contributed by atoms with Crippen molar-refractivity contribution in [3.8, 4) is 5.75 Å². The lowest BCUT2D eigenvalue weighted by atomic mass is 10.0. The zero-order chi connectivity index (χ0) is 17.5. The molecule has 1 fully saturated rings. The summed E-state index contributed by atoms with van der Waals surface area (Å²) in [6.45, 7) is 5.25. The number of carbonyl (C=O) groups is 2. The molecule has 2 rings (SSSR count). The van der Waals surface area contributed by atoms with Crippen LogP contribution in [0, 0.1) is 5.92 Å². The maximum Gasteiger partial charge on any atom is 0.326 e. The molecule has 1 heterocycles. The van der Waals surface area contributed by atoms with Gasteiger partial charge in [0, 0.05) is 18.4 Å². The Labute approximate surface area is 142 Å². The van der Waals surface area contributed by atoms with Crippen LogP contribution in [0.4, 0.5) is 0 Å². The van der Waals surface area contributed by atoms with Gasteiger partial charge in [-0.3, -0.25) is 4.79 Å². The van der Waals surface area contributed by atoms with Gasteiger partial charge in [0.25, 0.3) is 5.91 Å². The van der Waals surface area contributed by atoms with Gasteiger partial charge in [-0.05, 0) is 36.6 Å². The van der Waals surface area contributed by atoms with E-state index in [1.165, 1.54) is 0 Å². The highest BCUT2D eigenvalue weighted by Gasteiger charge is 2.22. The van der Waals surface area contributed by atoms with E-state index in [1.807, 2.05) is 13.8 Å². The molecule has 1 aromatic carbocycles. The minimum absolute atomic E-state index is 0.140. The lowest BCUT2D eigenvalue weighted by Gasteiger charge is -2.23. The van der Waals surface area contributed by atoms with Crippen molar-refractivity contribution >= 4 is 11.9 Å². The van der Waals surface area contributed by atoms with Gasteiger partial charge in [-0.2, -0.15) is 0 Å². The Morgan fingerprint density at radius 1 is 1.25 bits per heavy atom. The second-order valence-corrected chi connectivity index (χ2v) is 6.45. The maximum absolute atomic E-state index is 12.2. The van der Waals surface area contributed by atoms with Gasteiger partial charge >= 0.3 is 5.97 Å². The number of hydrogen-bond donors (Lipinski definition) is 2. The Morgan fingerprint density at radius 2 is 1.88 bits per heavy atom. The highest BCUT2D eigenvalue weighted by Crippen LogP contribution is 2.18. The normalized spacial score (nSPS) is 16.6. The van der Waals surface area contributed by atoms with Crippen molar-refractivity contribution in [3.05, 3.63) is 29.8 Å². The molecule has 0 radical (unpaired) electrons. The third-order valence-corrected chi connectivity index (χ3v) is 3.90. The first-order chi connectivity index (χ1) is 11.5. The molecule has 1 aliphatic heterocycles. The predicted molar refractivity (Wildman–Crippen MR) is 89.3 cm³/mol. The minimum Gasteiger partial charge on any atom is -0.490 e. The van der Waals surface area contributed by atoms with Gasteiger partial charge in [-0.25, -0.2) is 4.79 Å². The second kappa shape index (κ2) is 8.68. The highest BCUT2D eigenvalue weighted by molar-refractivity contribution is 5.96. The lowest BCUT2D eigenvalue weighted by molar-refractivity contribution is -0.139. The van der Waals surface area contributed by atoms with Crippen LogP contribution < -0.4 is 10.1 Å². The van der Waals surface area contributed by atoms with Crippen molar-refractivity contribution in [2.75, 3.05) is 13.2 Å². The second-order valence-electron chi connectivity index (χ2n) is 6.45. The molecule has 0 aromatic heterocycles. The molecule has 132 valence electrons. The molecule has 0 saturated carbocycles. The molecule has 0 spiro atoms. The van der Waals surface area contributed by atoms with E-state index in [1.54, 1.807) is 24.3 Å². The summed E-state index contributed by atoms with van der Waals surface area (Å²) < 4.78 is 11.1. The molecular weight excluding hydrogens is 310 g/mol. The van der Waals surface area contributed by atoms with Gasteiger partial charge < -0.3 is 19.9 Å². The molecule has 1 aromatic rings. The average Bonchev–Trinajstić information content (AvgIpc) is 2.55. The predicted octanol–water partition coefficient (Wildman–Crippen LogP) is 2.47. The Hall–Kier alpha value is -2.08. The number of carbonyl (C=O) groups excluding carboxylic acids is 1. The van der Waals surface area contributed by atoms with E-state index in [2.05, 4.69) is 5.32 Å². The summed E-state index contributed by atoms with van der Waals surface area (Å²) >= 11 is 0. The molecule has 2 N–H and O–H groups in total. The third-order valence-electron chi connectivity index (χ3n) is 3.90. The lowest BCUT2D eigenvalue weighted by Crippen LogP contribution is -2.41. The first-order valence-corrected chi connectivity index (χ1v) is 8.34. The van der Waals surface area contributed by atoms with Gasteiger partial charge in [-0.1, -0.05) is 13.8 Å².